The molecule has 98 valence electrons. The summed E-state index contributed by atoms with van der Waals surface area (Å²) in [7, 11) is 0. The number of nitrogens with zero attached hydrogens (tertiary/aromatic N) is 1. The summed E-state index contributed by atoms with van der Waals surface area (Å²) in [5, 5.41) is 16.2. The summed E-state index contributed by atoms with van der Waals surface area (Å²) in [6.45, 7) is 0.733. The van der Waals surface area contributed by atoms with Crippen LogP contribution in [0.4, 0.5) is 5.69 Å². The summed E-state index contributed by atoms with van der Waals surface area (Å²) in [6.07, 6.45) is 0. The van der Waals surface area contributed by atoms with Crippen molar-refractivity contribution in [2.75, 3.05) is 5.32 Å². The van der Waals surface area contributed by atoms with Crippen molar-refractivity contribution >= 4 is 38.7 Å². The molecule has 0 aliphatic rings. The molecule has 20 heavy (non-hydrogen) atoms. The van der Waals surface area contributed by atoms with E-state index in [4.69, 9.17) is 16.9 Å². The van der Waals surface area contributed by atoms with Crippen molar-refractivity contribution in [3.63, 3.8) is 0 Å². The Balaban J connectivity index is 1.81. The maximum absolute atomic E-state index is 8.98. The molecule has 0 bridgehead atoms. The zero-order valence-corrected chi connectivity index (χ0v) is 12.1. The maximum Gasteiger partial charge on any atom is 0.101 e. The van der Waals surface area contributed by atoms with Gasteiger partial charge in [0.15, 0.2) is 0 Å². The molecular weight excluding hydrogens is 288 g/mol. The zero-order chi connectivity index (χ0) is 13.9. The highest BCUT2D eigenvalue weighted by Gasteiger charge is 2.04. The van der Waals surface area contributed by atoms with Gasteiger partial charge >= 0.3 is 0 Å². The van der Waals surface area contributed by atoms with Crippen LogP contribution < -0.4 is 5.32 Å². The SMILES string of the molecule is N#Cc1cc(NCc2csc3ccccc23)ccc1Cl. The van der Waals surface area contributed by atoms with Crippen LogP contribution in [0.5, 0.6) is 0 Å². The molecule has 0 radical (unpaired) electrons. The van der Waals surface area contributed by atoms with Crippen molar-refractivity contribution in [1.29, 1.82) is 5.26 Å². The van der Waals surface area contributed by atoms with E-state index in [2.05, 4.69) is 41.0 Å². The first-order valence-corrected chi connectivity index (χ1v) is 7.42. The topological polar surface area (TPSA) is 35.8 Å². The lowest BCUT2D eigenvalue weighted by atomic mass is 10.1. The van der Waals surface area contributed by atoms with Gasteiger partial charge in [-0.1, -0.05) is 29.8 Å². The number of hydrogen-bond donors (Lipinski definition) is 1. The van der Waals surface area contributed by atoms with Crippen LogP contribution in [0.3, 0.4) is 0 Å². The molecule has 0 saturated heterocycles. The molecule has 1 aromatic heterocycles. The molecule has 1 N–H and O–H groups in total. The molecule has 0 atom stereocenters. The Morgan fingerprint density at radius 1 is 1.20 bits per heavy atom. The van der Waals surface area contributed by atoms with Crippen molar-refractivity contribution in [2.24, 2.45) is 0 Å². The number of fused-ring (bicyclic) bond motifs is 1. The lowest BCUT2D eigenvalue weighted by Gasteiger charge is -2.06. The van der Waals surface area contributed by atoms with Gasteiger partial charge in [-0.15, -0.1) is 11.3 Å². The fourth-order valence-electron chi connectivity index (χ4n) is 2.09. The molecule has 3 aromatic rings. The lowest BCUT2D eigenvalue weighted by molar-refractivity contribution is 1.18. The number of halogens is 1. The van der Waals surface area contributed by atoms with E-state index >= 15 is 0 Å². The van der Waals surface area contributed by atoms with Crippen LogP contribution in [0.1, 0.15) is 11.1 Å². The van der Waals surface area contributed by atoms with E-state index in [0.717, 1.165) is 12.2 Å². The van der Waals surface area contributed by atoms with Crippen molar-refractivity contribution in [3.8, 4) is 6.07 Å². The van der Waals surface area contributed by atoms with Gasteiger partial charge in [0.2, 0.25) is 0 Å². The van der Waals surface area contributed by atoms with Crippen LogP contribution in [0.2, 0.25) is 5.02 Å². The Kier molecular flexibility index (Phi) is 3.60. The van der Waals surface area contributed by atoms with Crippen molar-refractivity contribution in [1.82, 2.24) is 0 Å². The highest BCUT2D eigenvalue weighted by molar-refractivity contribution is 7.17. The first-order valence-electron chi connectivity index (χ1n) is 6.16. The summed E-state index contributed by atoms with van der Waals surface area (Å²) >= 11 is 7.67. The zero-order valence-electron chi connectivity index (χ0n) is 10.6. The predicted molar refractivity (Wildman–Crippen MR) is 85.3 cm³/mol. The van der Waals surface area contributed by atoms with Crippen molar-refractivity contribution in [3.05, 3.63) is 64.0 Å². The minimum atomic E-state index is 0.485. The third-order valence-corrected chi connectivity index (χ3v) is 4.47. The average Bonchev–Trinajstić information content (AvgIpc) is 2.90. The number of nitrogens with one attached hydrogen (secondary N) is 1. The molecule has 0 aliphatic carbocycles. The molecule has 0 spiro atoms. The largest absolute Gasteiger partial charge is 0.381 e. The summed E-state index contributed by atoms with van der Waals surface area (Å²) in [5.41, 5.74) is 2.66. The second kappa shape index (κ2) is 5.54. The van der Waals surface area contributed by atoms with E-state index < -0.39 is 0 Å². The number of anilines is 1. The van der Waals surface area contributed by atoms with Crippen LogP contribution in [-0.4, -0.2) is 0 Å². The second-order valence-corrected chi connectivity index (χ2v) is 5.74. The monoisotopic (exact) mass is 298 g/mol. The molecule has 0 saturated carbocycles. The minimum absolute atomic E-state index is 0.485. The third-order valence-electron chi connectivity index (χ3n) is 3.13. The Hall–Kier alpha value is -2.02. The molecular formula is C16H11ClN2S. The normalized spacial score (nSPS) is 10.4. The minimum Gasteiger partial charge on any atom is -0.381 e. The number of nitriles is 1. The molecule has 0 unspecified atom stereocenters. The molecule has 2 nitrogen and oxygen atoms in total. The van der Waals surface area contributed by atoms with E-state index in [1.807, 2.05) is 6.07 Å². The van der Waals surface area contributed by atoms with Gasteiger partial charge in [0, 0.05) is 16.9 Å². The van der Waals surface area contributed by atoms with E-state index in [1.54, 1.807) is 23.5 Å². The molecule has 0 fully saturated rings. The van der Waals surface area contributed by atoms with E-state index in [-0.39, 0.29) is 0 Å². The van der Waals surface area contributed by atoms with E-state index in [0.29, 0.717) is 10.6 Å². The molecule has 0 amide bonds. The molecule has 1 heterocycles. The smallest absolute Gasteiger partial charge is 0.101 e. The highest BCUT2D eigenvalue weighted by atomic mass is 35.5. The average molecular weight is 299 g/mol. The Morgan fingerprint density at radius 3 is 2.90 bits per heavy atom. The number of benzene rings is 2. The van der Waals surface area contributed by atoms with Gasteiger partial charge in [-0.05, 0) is 40.6 Å². The number of hydrogen-bond acceptors (Lipinski definition) is 3. The van der Waals surface area contributed by atoms with Crippen LogP contribution >= 0.6 is 22.9 Å². The van der Waals surface area contributed by atoms with Crippen LogP contribution in [0, 0.1) is 11.3 Å². The Bertz CT molecular complexity index is 802. The third kappa shape index (κ3) is 2.49. The first-order chi connectivity index (χ1) is 9.78. The van der Waals surface area contributed by atoms with Crippen molar-refractivity contribution < 1.29 is 0 Å². The van der Waals surface area contributed by atoms with Gasteiger partial charge in [0.25, 0.3) is 0 Å². The van der Waals surface area contributed by atoms with E-state index in [9.17, 15) is 0 Å². The Morgan fingerprint density at radius 2 is 2.05 bits per heavy atom. The van der Waals surface area contributed by atoms with E-state index in [1.165, 1.54) is 15.6 Å². The summed E-state index contributed by atoms with van der Waals surface area (Å²) < 4.78 is 1.29. The molecule has 4 heteroatoms. The van der Waals surface area contributed by atoms with Crippen molar-refractivity contribution in [2.45, 2.75) is 6.54 Å². The summed E-state index contributed by atoms with van der Waals surface area (Å²) in [4.78, 5) is 0. The summed E-state index contributed by atoms with van der Waals surface area (Å²) in [6, 6.07) is 15.8. The molecule has 2 aromatic carbocycles. The number of thiophene rings is 1. The number of rotatable bonds is 3. The van der Waals surface area contributed by atoms with Gasteiger partial charge in [0.1, 0.15) is 6.07 Å². The van der Waals surface area contributed by atoms with Gasteiger partial charge in [-0.2, -0.15) is 5.26 Å². The Labute approximate surface area is 126 Å². The van der Waals surface area contributed by atoms with Gasteiger partial charge in [-0.25, -0.2) is 0 Å². The second-order valence-electron chi connectivity index (χ2n) is 4.42. The van der Waals surface area contributed by atoms with Gasteiger partial charge < -0.3 is 5.32 Å². The van der Waals surface area contributed by atoms with Crippen LogP contribution in [0.25, 0.3) is 10.1 Å². The fraction of sp³-hybridized carbons (Fsp3) is 0.0625. The lowest BCUT2D eigenvalue weighted by Crippen LogP contribution is -1.98. The molecule has 0 aliphatic heterocycles. The first kappa shape index (κ1) is 13.0. The predicted octanol–water partition coefficient (Wildman–Crippen LogP) is 5.04. The quantitative estimate of drug-likeness (QED) is 0.735. The maximum atomic E-state index is 8.98. The standard InChI is InChI=1S/C16H11ClN2S/c17-15-6-5-13(7-11(15)8-18)19-9-12-10-20-16-4-2-1-3-14(12)16/h1-7,10,19H,9H2. The summed E-state index contributed by atoms with van der Waals surface area (Å²) in [5.74, 6) is 0. The highest BCUT2D eigenvalue weighted by Crippen LogP contribution is 2.27. The van der Waals surface area contributed by atoms with Gasteiger partial charge in [-0.3, -0.25) is 0 Å². The van der Waals surface area contributed by atoms with Crippen LogP contribution in [-0.2, 0) is 6.54 Å². The van der Waals surface area contributed by atoms with Gasteiger partial charge in [0.05, 0.1) is 10.6 Å². The van der Waals surface area contributed by atoms with Crippen LogP contribution in [0.15, 0.2) is 47.8 Å². The molecule has 3 rings (SSSR count). The fourth-order valence-corrected chi connectivity index (χ4v) is 3.21.